The number of benzene rings is 1. The molecule has 0 radical (unpaired) electrons. The minimum atomic E-state index is -3.02. The molecule has 0 aliphatic carbocycles. The minimum Gasteiger partial charge on any atom is -0.507 e. The number of phenolic OH excluding ortho intramolecular Hbond substituents is 1. The number of aromatic hydroxyl groups is 1. The van der Waals surface area contributed by atoms with Crippen molar-refractivity contribution >= 4 is 9.84 Å². The molecule has 0 saturated carbocycles. The number of sulfone groups is 1. The van der Waals surface area contributed by atoms with Crippen molar-refractivity contribution in [1.29, 1.82) is 0 Å². The predicted molar refractivity (Wildman–Crippen MR) is 92.4 cm³/mol. The van der Waals surface area contributed by atoms with Crippen LogP contribution in [0.25, 0.3) is 11.1 Å². The fourth-order valence-electron chi connectivity index (χ4n) is 2.24. The second kappa shape index (κ2) is 6.35. The number of rotatable bonds is 5. The molecule has 0 aliphatic rings. The lowest BCUT2D eigenvalue weighted by molar-refractivity contribution is 0.476. The Kier molecular flexibility index (Phi) is 4.84. The van der Waals surface area contributed by atoms with Gasteiger partial charge >= 0.3 is 0 Å². The zero-order valence-electron chi connectivity index (χ0n) is 14.1. The van der Waals surface area contributed by atoms with Crippen LogP contribution in [0, 0.1) is 0 Å². The molecule has 0 atom stereocenters. The fourth-order valence-corrected chi connectivity index (χ4v) is 2.99. The van der Waals surface area contributed by atoms with E-state index in [0.717, 1.165) is 11.1 Å². The standard InChI is InChI=1S/C17H24N2O3S/c1-5-23(21,22)9-8-19-12-13(11-18-19)15-10-14(17(2,3)4)6-7-16(15)20/h6-7,10-12,20H,5,8-9H2,1-4H3. The van der Waals surface area contributed by atoms with Crippen LogP contribution < -0.4 is 0 Å². The van der Waals surface area contributed by atoms with E-state index >= 15 is 0 Å². The van der Waals surface area contributed by atoms with E-state index in [-0.39, 0.29) is 22.7 Å². The summed E-state index contributed by atoms with van der Waals surface area (Å²) < 4.78 is 24.8. The number of hydrogen-bond donors (Lipinski definition) is 1. The van der Waals surface area contributed by atoms with Crippen molar-refractivity contribution in [1.82, 2.24) is 9.78 Å². The summed E-state index contributed by atoms with van der Waals surface area (Å²) in [7, 11) is -3.02. The molecule has 126 valence electrons. The van der Waals surface area contributed by atoms with Crippen LogP contribution in [0.3, 0.4) is 0 Å². The largest absolute Gasteiger partial charge is 0.507 e. The summed E-state index contributed by atoms with van der Waals surface area (Å²) in [4.78, 5) is 0. The molecule has 0 fully saturated rings. The average Bonchev–Trinajstić information content (AvgIpc) is 2.93. The van der Waals surface area contributed by atoms with Crippen LogP contribution in [0.2, 0.25) is 0 Å². The first kappa shape index (κ1) is 17.5. The summed E-state index contributed by atoms with van der Waals surface area (Å²) in [5.41, 5.74) is 2.59. The van der Waals surface area contributed by atoms with Gasteiger partial charge in [0.1, 0.15) is 5.75 Å². The summed E-state index contributed by atoms with van der Waals surface area (Å²) in [5.74, 6) is 0.396. The summed E-state index contributed by atoms with van der Waals surface area (Å²) in [6.45, 7) is 8.29. The normalized spacial score (nSPS) is 12.5. The summed E-state index contributed by atoms with van der Waals surface area (Å²) in [6.07, 6.45) is 3.42. The van der Waals surface area contributed by atoms with Gasteiger partial charge < -0.3 is 5.11 Å². The Hall–Kier alpha value is -1.82. The molecule has 5 nitrogen and oxygen atoms in total. The molecule has 1 aromatic carbocycles. The van der Waals surface area contributed by atoms with Crippen LogP contribution in [0.5, 0.6) is 5.75 Å². The van der Waals surface area contributed by atoms with Gasteiger partial charge in [-0.3, -0.25) is 4.68 Å². The Morgan fingerprint density at radius 1 is 1.26 bits per heavy atom. The van der Waals surface area contributed by atoms with Crippen molar-refractivity contribution in [2.75, 3.05) is 11.5 Å². The van der Waals surface area contributed by atoms with Gasteiger partial charge in [-0.15, -0.1) is 0 Å². The highest BCUT2D eigenvalue weighted by Gasteiger charge is 2.17. The van der Waals surface area contributed by atoms with E-state index in [9.17, 15) is 13.5 Å². The van der Waals surface area contributed by atoms with E-state index in [0.29, 0.717) is 12.1 Å². The van der Waals surface area contributed by atoms with Gasteiger partial charge in [0.15, 0.2) is 9.84 Å². The second-order valence-corrected chi connectivity index (χ2v) is 9.18. The summed E-state index contributed by atoms with van der Waals surface area (Å²) in [5, 5.41) is 14.3. The molecule has 2 rings (SSSR count). The molecule has 1 N–H and O–H groups in total. The third kappa shape index (κ3) is 4.34. The molecular formula is C17H24N2O3S. The van der Waals surface area contributed by atoms with E-state index in [1.807, 2.05) is 12.1 Å². The van der Waals surface area contributed by atoms with Crippen LogP contribution >= 0.6 is 0 Å². The van der Waals surface area contributed by atoms with Gasteiger partial charge in [-0.25, -0.2) is 8.42 Å². The lowest BCUT2D eigenvalue weighted by Crippen LogP contribution is -2.14. The monoisotopic (exact) mass is 336 g/mol. The molecule has 0 saturated heterocycles. The van der Waals surface area contributed by atoms with Crippen molar-refractivity contribution in [3.8, 4) is 16.9 Å². The molecule has 1 heterocycles. The van der Waals surface area contributed by atoms with Crippen molar-refractivity contribution in [2.45, 2.75) is 39.7 Å². The summed E-state index contributed by atoms with van der Waals surface area (Å²) >= 11 is 0. The van der Waals surface area contributed by atoms with E-state index in [1.165, 1.54) is 0 Å². The number of aryl methyl sites for hydroxylation is 1. The van der Waals surface area contributed by atoms with Gasteiger partial charge in [0.25, 0.3) is 0 Å². The molecule has 0 spiro atoms. The zero-order valence-corrected chi connectivity index (χ0v) is 14.9. The predicted octanol–water partition coefficient (Wildman–Crippen LogP) is 2.99. The third-order valence-electron chi connectivity index (χ3n) is 3.88. The third-order valence-corrected chi connectivity index (χ3v) is 5.56. The first-order valence-electron chi connectivity index (χ1n) is 7.69. The van der Waals surface area contributed by atoms with Crippen molar-refractivity contribution in [3.05, 3.63) is 36.2 Å². The molecule has 0 aliphatic heterocycles. The van der Waals surface area contributed by atoms with E-state index < -0.39 is 9.84 Å². The topological polar surface area (TPSA) is 72.2 Å². The van der Waals surface area contributed by atoms with E-state index in [1.54, 1.807) is 30.1 Å². The highest BCUT2D eigenvalue weighted by Crippen LogP contribution is 2.33. The Morgan fingerprint density at radius 2 is 1.96 bits per heavy atom. The Morgan fingerprint density at radius 3 is 2.57 bits per heavy atom. The highest BCUT2D eigenvalue weighted by molar-refractivity contribution is 7.91. The van der Waals surface area contributed by atoms with E-state index in [2.05, 4.69) is 25.9 Å². The van der Waals surface area contributed by atoms with Crippen molar-refractivity contribution in [2.24, 2.45) is 0 Å². The maximum absolute atomic E-state index is 11.6. The van der Waals surface area contributed by atoms with Gasteiger partial charge in [-0.2, -0.15) is 5.10 Å². The van der Waals surface area contributed by atoms with Crippen LogP contribution in [0.1, 0.15) is 33.3 Å². The first-order chi connectivity index (χ1) is 10.6. The maximum atomic E-state index is 11.6. The number of phenols is 1. The number of aromatic nitrogens is 2. The summed E-state index contributed by atoms with van der Waals surface area (Å²) in [6, 6.07) is 5.56. The van der Waals surface area contributed by atoms with Crippen molar-refractivity contribution < 1.29 is 13.5 Å². The van der Waals surface area contributed by atoms with Gasteiger partial charge in [-0.05, 0) is 23.1 Å². The van der Waals surface area contributed by atoms with Gasteiger partial charge in [0.2, 0.25) is 0 Å². The number of hydrogen-bond acceptors (Lipinski definition) is 4. The maximum Gasteiger partial charge on any atom is 0.151 e. The molecule has 0 bridgehead atoms. The van der Waals surface area contributed by atoms with E-state index in [4.69, 9.17) is 0 Å². The SMILES string of the molecule is CCS(=O)(=O)CCn1cc(-c2cc(C(C)(C)C)ccc2O)cn1. The molecular weight excluding hydrogens is 312 g/mol. The zero-order chi connectivity index (χ0) is 17.3. The molecule has 23 heavy (non-hydrogen) atoms. The smallest absolute Gasteiger partial charge is 0.151 e. The van der Waals surface area contributed by atoms with Crippen molar-refractivity contribution in [3.63, 3.8) is 0 Å². The number of nitrogens with zero attached hydrogens (tertiary/aromatic N) is 2. The van der Waals surface area contributed by atoms with Crippen LogP contribution in [0.4, 0.5) is 0 Å². The van der Waals surface area contributed by atoms with Gasteiger partial charge in [-0.1, -0.05) is 33.8 Å². The lowest BCUT2D eigenvalue weighted by atomic mass is 9.85. The molecule has 0 amide bonds. The van der Waals surface area contributed by atoms with Gasteiger partial charge in [0, 0.05) is 23.1 Å². The molecule has 1 aromatic heterocycles. The van der Waals surface area contributed by atoms with Gasteiger partial charge in [0.05, 0.1) is 18.5 Å². The fraction of sp³-hybridized carbons (Fsp3) is 0.471. The quantitative estimate of drug-likeness (QED) is 0.911. The van der Waals surface area contributed by atoms with Crippen LogP contribution in [-0.2, 0) is 21.8 Å². The minimum absolute atomic E-state index is 0.0202. The average molecular weight is 336 g/mol. The Bertz CT molecular complexity index is 786. The molecule has 0 unspecified atom stereocenters. The first-order valence-corrected chi connectivity index (χ1v) is 9.51. The Labute approximate surface area is 137 Å². The van der Waals surface area contributed by atoms with Crippen LogP contribution in [0.15, 0.2) is 30.6 Å². The second-order valence-electron chi connectivity index (χ2n) is 6.71. The highest BCUT2D eigenvalue weighted by atomic mass is 32.2. The molecule has 2 aromatic rings. The lowest BCUT2D eigenvalue weighted by Gasteiger charge is -2.20. The molecule has 6 heteroatoms. The van der Waals surface area contributed by atoms with Crippen LogP contribution in [-0.4, -0.2) is 34.8 Å². The Balaban J connectivity index is 2.27.